The van der Waals surface area contributed by atoms with Crippen molar-refractivity contribution in [3.8, 4) is 0 Å². The van der Waals surface area contributed by atoms with Gasteiger partial charge in [-0.1, -0.05) is 6.07 Å². The van der Waals surface area contributed by atoms with E-state index in [4.69, 9.17) is 4.74 Å². The number of aromatic nitrogens is 1. The fraction of sp³-hybridized carbons (Fsp3) is 0.182. The van der Waals surface area contributed by atoms with Crippen LogP contribution in [0, 0.1) is 10.1 Å². The zero-order chi connectivity index (χ0) is 15.2. The quantitative estimate of drug-likeness (QED) is 0.492. The van der Waals surface area contributed by atoms with Crippen LogP contribution in [0.3, 0.4) is 0 Å². The molecule has 0 radical (unpaired) electrons. The summed E-state index contributed by atoms with van der Waals surface area (Å²) in [6.45, 7) is -0.461. The first kappa shape index (κ1) is 15.1. The number of anilines is 1. The minimum atomic E-state index is -0.603. The molecule has 8 nitrogen and oxygen atoms in total. The number of nitrogens with zero attached hydrogens (tertiary/aromatic N) is 2. The number of thiophene rings is 1. The molecule has 0 aromatic carbocycles. The number of ether oxygens (including phenoxy) is 1. The third-order valence-electron chi connectivity index (χ3n) is 2.18. The molecule has 1 amide bonds. The SMILES string of the molecule is O=C(COC(=O)Cc1cccs1)Nc1ncc([N+](=O)[O-])s1. The van der Waals surface area contributed by atoms with Gasteiger partial charge in [-0.15, -0.1) is 11.3 Å². The molecule has 10 heteroatoms. The molecule has 0 bridgehead atoms. The Labute approximate surface area is 126 Å². The molecule has 0 saturated heterocycles. The third kappa shape index (κ3) is 4.61. The van der Waals surface area contributed by atoms with Gasteiger partial charge in [-0.05, 0) is 22.8 Å². The van der Waals surface area contributed by atoms with E-state index < -0.39 is 23.4 Å². The summed E-state index contributed by atoms with van der Waals surface area (Å²) in [6, 6.07) is 3.61. The standard InChI is InChI=1S/C11H9N3O5S2/c15-8(13-11-12-5-9(21-11)14(17)18)6-19-10(16)4-7-2-1-3-20-7/h1-3,5H,4,6H2,(H,12,13,15). The molecule has 0 spiro atoms. The Morgan fingerprint density at radius 3 is 2.90 bits per heavy atom. The van der Waals surface area contributed by atoms with Crippen molar-refractivity contribution in [1.29, 1.82) is 0 Å². The lowest BCUT2D eigenvalue weighted by molar-refractivity contribution is -0.380. The first-order valence-electron chi connectivity index (χ1n) is 5.62. The van der Waals surface area contributed by atoms with Gasteiger partial charge >= 0.3 is 11.0 Å². The summed E-state index contributed by atoms with van der Waals surface area (Å²) in [6.07, 6.45) is 1.15. The van der Waals surface area contributed by atoms with E-state index in [-0.39, 0.29) is 16.6 Å². The molecule has 0 saturated carbocycles. The van der Waals surface area contributed by atoms with Crippen molar-refractivity contribution in [3.05, 3.63) is 38.7 Å². The van der Waals surface area contributed by atoms with Crippen LogP contribution in [0.5, 0.6) is 0 Å². The highest BCUT2D eigenvalue weighted by Gasteiger charge is 2.14. The lowest BCUT2D eigenvalue weighted by Gasteiger charge is -2.03. The van der Waals surface area contributed by atoms with Crippen LogP contribution in [-0.4, -0.2) is 28.4 Å². The summed E-state index contributed by atoms with van der Waals surface area (Å²) in [4.78, 5) is 37.3. The number of amides is 1. The van der Waals surface area contributed by atoms with Gasteiger partial charge in [-0.25, -0.2) is 4.98 Å². The van der Waals surface area contributed by atoms with E-state index in [0.29, 0.717) is 0 Å². The fourth-order valence-electron chi connectivity index (χ4n) is 1.32. The van der Waals surface area contributed by atoms with E-state index in [1.807, 2.05) is 11.4 Å². The van der Waals surface area contributed by atoms with Crippen molar-refractivity contribution < 1.29 is 19.2 Å². The number of hydrogen-bond acceptors (Lipinski definition) is 8. The van der Waals surface area contributed by atoms with E-state index in [0.717, 1.165) is 22.4 Å². The minimum Gasteiger partial charge on any atom is -0.455 e. The molecular weight excluding hydrogens is 318 g/mol. The molecular formula is C11H9N3O5S2. The Morgan fingerprint density at radius 2 is 2.29 bits per heavy atom. The second-order valence-corrected chi connectivity index (χ2v) is 5.77. The Balaban J connectivity index is 1.76. The number of nitrogens with one attached hydrogen (secondary N) is 1. The lowest BCUT2D eigenvalue weighted by atomic mass is 10.3. The number of esters is 1. The van der Waals surface area contributed by atoms with Crippen molar-refractivity contribution in [1.82, 2.24) is 4.98 Å². The molecule has 0 atom stereocenters. The summed E-state index contributed by atoms with van der Waals surface area (Å²) in [5.74, 6) is -1.11. The van der Waals surface area contributed by atoms with E-state index in [1.54, 1.807) is 6.07 Å². The number of carbonyl (C=O) groups is 2. The van der Waals surface area contributed by atoms with Gasteiger partial charge in [0.1, 0.15) is 6.20 Å². The molecule has 0 fully saturated rings. The Kier molecular flexibility index (Phi) is 4.95. The van der Waals surface area contributed by atoms with E-state index in [2.05, 4.69) is 10.3 Å². The molecule has 1 N–H and O–H groups in total. The van der Waals surface area contributed by atoms with Crippen LogP contribution < -0.4 is 5.32 Å². The maximum absolute atomic E-state index is 11.5. The van der Waals surface area contributed by atoms with Gasteiger partial charge in [0.25, 0.3) is 5.91 Å². The fourth-order valence-corrected chi connectivity index (χ4v) is 2.65. The topological polar surface area (TPSA) is 111 Å². The van der Waals surface area contributed by atoms with Crippen LogP contribution in [0.25, 0.3) is 0 Å². The van der Waals surface area contributed by atoms with Crippen LogP contribution >= 0.6 is 22.7 Å². The average molecular weight is 327 g/mol. The molecule has 0 unspecified atom stereocenters. The van der Waals surface area contributed by atoms with Gasteiger partial charge in [0.15, 0.2) is 11.7 Å². The third-order valence-corrected chi connectivity index (χ3v) is 3.92. The predicted octanol–water partition coefficient (Wildman–Crippen LogP) is 1.84. The van der Waals surface area contributed by atoms with Gasteiger partial charge in [-0.2, -0.15) is 0 Å². The predicted molar refractivity (Wildman–Crippen MR) is 76.4 cm³/mol. The number of thiazole rings is 1. The number of nitro groups is 1. The Hall–Kier alpha value is -2.33. The number of carbonyl (C=O) groups excluding carboxylic acids is 2. The first-order valence-corrected chi connectivity index (χ1v) is 7.32. The Morgan fingerprint density at radius 1 is 1.48 bits per heavy atom. The highest BCUT2D eigenvalue weighted by Crippen LogP contribution is 2.24. The lowest BCUT2D eigenvalue weighted by Crippen LogP contribution is -2.21. The summed E-state index contributed by atoms with van der Waals surface area (Å²) in [7, 11) is 0. The molecule has 21 heavy (non-hydrogen) atoms. The molecule has 2 heterocycles. The Bertz CT molecular complexity index is 653. The van der Waals surface area contributed by atoms with Crippen molar-refractivity contribution >= 4 is 44.7 Å². The van der Waals surface area contributed by atoms with E-state index in [9.17, 15) is 19.7 Å². The summed E-state index contributed by atoms with van der Waals surface area (Å²) >= 11 is 2.15. The molecule has 2 aromatic rings. The van der Waals surface area contributed by atoms with Crippen LogP contribution in [0.4, 0.5) is 10.1 Å². The van der Waals surface area contributed by atoms with Gasteiger partial charge < -0.3 is 4.74 Å². The zero-order valence-corrected chi connectivity index (χ0v) is 12.1. The first-order chi connectivity index (χ1) is 10.0. The van der Waals surface area contributed by atoms with E-state index >= 15 is 0 Å². The largest absolute Gasteiger partial charge is 0.455 e. The van der Waals surface area contributed by atoms with Crippen molar-refractivity contribution in [2.45, 2.75) is 6.42 Å². The molecule has 0 aliphatic heterocycles. The molecule has 0 aliphatic rings. The number of rotatable bonds is 6. The normalized spacial score (nSPS) is 10.1. The van der Waals surface area contributed by atoms with E-state index in [1.165, 1.54) is 11.3 Å². The van der Waals surface area contributed by atoms with Crippen molar-refractivity contribution in [3.63, 3.8) is 0 Å². The maximum atomic E-state index is 11.5. The molecule has 110 valence electrons. The molecule has 2 aromatic heterocycles. The summed E-state index contributed by atoms with van der Waals surface area (Å²) in [5.41, 5.74) is 0. The summed E-state index contributed by atoms with van der Waals surface area (Å²) < 4.78 is 4.80. The minimum absolute atomic E-state index is 0.0843. The van der Waals surface area contributed by atoms with Crippen LogP contribution in [-0.2, 0) is 20.7 Å². The highest BCUT2D eigenvalue weighted by atomic mass is 32.1. The van der Waals surface area contributed by atoms with Gasteiger partial charge in [0.05, 0.1) is 11.3 Å². The molecule has 0 aliphatic carbocycles. The molecule has 2 rings (SSSR count). The smallest absolute Gasteiger partial charge is 0.345 e. The van der Waals surface area contributed by atoms with Gasteiger partial charge in [-0.3, -0.25) is 25.0 Å². The second-order valence-electron chi connectivity index (χ2n) is 3.73. The van der Waals surface area contributed by atoms with Crippen LogP contribution in [0.2, 0.25) is 0 Å². The van der Waals surface area contributed by atoms with Crippen LogP contribution in [0.1, 0.15) is 4.88 Å². The zero-order valence-electron chi connectivity index (χ0n) is 10.5. The summed E-state index contributed by atoms with van der Waals surface area (Å²) in [5, 5.41) is 14.5. The second kappa shape index (κ2) is 6.90. The maximum Gasteiger partial charge on any atom is 0.345 e. The number of hydrogen-bond donors (Lipinski definition) is 1. The van der Waals surface area contributed by atoms with Gasteiger partial charge in [0, 0.05) is 4.88 Å². The monoisotopic (exact) mass is 327 g/mol. The van der Waals surface area contributed by atoms with Crippen molar-refractivity contribution in [2.24, 2.45) is 0 Å². The highest BCUT2D eigenvalue weighted by molar-refractivity contribution is 7.18. The van der Waals surface area contributed by atoms with Crippen LogP contribution in [0.15, 0.2) is 23.7 Å². The average Bonchev–Trinajstić information content (AvgIpc) is 3.08. The van der Waals surface area contributed by atoms with Gasteiger partial charge in [0.2, 0.25) is 0 Å². The van der Waals surface area contributed by atoms with Crippen molar-refractivity contribution in [2.75, 3.05) is 11.9 Å².